The first-order valence-electron chi connectivity index (χ1n) is 6.16. The second-order valence-corrected chi connectivity index (χ2v) is 7.05. The molecule has 0 saturated carbocycles. The lowest BCUT2D eigenvalue weighted by atomic mass is 10.2. The number of nitrogens with zero attached hydrogens (tertiary/aromatic N) is 1. The number of benzene rings is 1. The molecule has 5 nitrogen and oxygen atoms in total. The molecule has 0 bridgehead atoms. The van der Waals surface area contributed by atoms with Crippen LogP contribution in [0.15, 0.2) is 23.1 Å². The van der Waals surface area contributed by atoms with E-state index in [0.29, 0.717) is 16.4 Å². The minimum absolute atomic E-state index is 0.0521. The molecule has 0 unspecified atom stereocenters. The molecular formula is C12H11ClF3NO4S. The number of carboxylic acid groups (broad SMARTS) is 1. The predicted octanol–water partition coefficient (Wildman–Crippen LogP) is 2.60. The van der Waals surface area contributed by atoms with E-state index in [4.69, 9.17) is 16.7 Å². The van der Waals surface area contributed by atoms with Gasteiger partial charge in [-0.05, 0) is 31.0 Å². The van der Waals surface area contributed by atoms with Crippen LogP contribution < -0.4 is 0 Å². The van der Waals surface area contributed by atoms with Gasteiger partial charge in [-0.1, -0.05) is 11.6 Å². The highest BCUT2D eigenvalue weighted by molar-refractivity contribution is 7.89. The summed E-state index contributed by atoms with van der Waals surface area (Å²) in [6.45, 7) is -0.150. The molecule has 1 atom stereocenters. The van der Waals surface area contributed by atoms with E-state index in [1.807, 2.05) is 0 Å². The van der Waals surface area contributed by atoms with Crippen molar-refractivity contribution in [3.63, 3.8) is 0 Å². The van der Waals surface area contributed by atoms with Gasteiger partial charge in [0.25, 0.3) is 0 Å². The summed E-state index contributed by atoms with van der Waals surface area (Å²) in [6, 6.07) is 0.824. The summed E-state index contributed by atoms with van der Waals surface area (Å²) in [6.07, 6.45) is -4.58. The van der Waals surface area contributed by atoms with Crippen LogP contribution in [0, 0.1) is 0 Å². The summed E-state index contributed by atoms with van der Waals surface area (Å²) in [5.74, 6) is -1.39. The highest BCUT2D eigenvalue weighted by atomic mass is 35.5. The number of hydrogen-bond acceptors (Lipinski definition) is 3. The van der Waals surface area contributed by atoms with Crippen LogP contribution in [0.1, 0.15) is 18.4 Å². The Balaban J connectivity index is 2.59. The van der Waals surface area contributed by atoms with Crippen molar-refractivity contribution in [1.29, 1.82) is 0 Å². The molecular weight excluding hydrogens is 347 g/mol. The molecule has 0 aliphatic carbocycles. The van der Waals surface area contributed by atoms with Crippen molar-refractivity contribution in [2.45, 2.75) is 30.0 Å². The molecule has 1 aromatic carbocycles. The summed E-state index contributed by atoms with van der Waals surface area (Å²) >= 11 is 5.61. The molecule has 1 heterocycles. The Bertz CT molecular complexity index is 705. The van der Waals surface area contributed by atoms with Crippen LogP contribution in [-0.4, -0.2) is 36.4 Å². The molecule has 1 fully saturated rings. The Hall–Kier alpha value is -1.32. The van der Waals surface area contributed by atoms with E-state index in [2.05, 4.69) is 0 Å². The molecule has 0 amide bonds. The average molecular weight is 358 g/mol. The van der Waals surface area contributed by atoms with Gasteiger partial charge < -0.3 is 5.11 Å². The molecule has 0 aromatic heterocycles. The fraction of sp³-hybridized carbons (Fsp3) is 0.417. The average Bonchev–Trinajstić information content (AvgIpc) is 2.87. The lowest BCUT2D eigenvalue weighted by Crippen LogP contribution is -2.41. The fourth-order valence-electron chi connectivity index (χ4n) is 2.34. The number of sulfonamides is 1. The van der Waals surface area contributed by atoms with Crippen LogP contribution in [0.3, 0.4) is 0 Å². The number of hydrogen-bond donors (Lipinski definition) is 1. The Labute approximate surface area is 129 Å². The van der Waals surface area contributed by atoms with Crippen molar-refractivity contribution in [2.24, 2.45) is 0 Å². The SMILES string of the molecule is O=C(O)[C@@H]1CCCN1S(=O)(=O)c1cc(Cl)ccc1C(F)(F)F. The van der Waals surface area contributed by atoms with Crippen LogP contribution in [0.5, 0.6) is 0 Å². The second kappa shape index (κ2) is 5.71. The van der Waals surface area contributed by atoms with Crippen molar-refractivity contribution in [3.8, 4) is 0 Å². The number of rotatable bonds is 3. The molecule has 22 heavy (non-hydrogen) atoms. The molecule has 1 N–H and O–H groups in total. The first-order chi connectivity index (χ1) is 10.0. The maximum Gasteiger partial charge on any atom is 0.417 e. The lowest BCUT2D eigenvalue weighted by molar-refractivity contribution is -0.140. The third kappa shape index (κ3) is 3.06. The Kier molecular flexibility index (Phi) is 4.42. The molecule has 1 saturated heterocycles. The van der Waals surface area contributed by atoms with Gasteiger partial charge in [0.1, 0.15) is 6.04 Å². The van der Waals surface area contributed by atoms with Crippen molar-refractivity contribution in [2.75, 3.05) is 6.54 Å². The number of aliphatic carboxylic acids is 1. The maximum atomic E-state index is 13.0. The monoisotopic (exact) mass is 357 g/mol. The molecule has 10 heteroatoms. The van der Waals surface area contributed by atoms with E-state index in [1.165, 1.54) is 0 Å². The summed E-state index contributed by atoms with van der Waals surface area (Å²) in [5.41, 5.74) is -1.37. The van der Waals surface area contributed by atoms with E-state index in [9.17, 15) is 26.4 Å². The Morgan fingerprint density at radius 2 is 2.00 bits per heavy atom. The first-order valence-corrected chi connectivity index (χ1v) is 7.98. The van der Waals surface area contributed by atoms with Gasteiger partial charge in [0, 0.05) is 11.6 Å². The molecule has 0 spiro atoms. The standard InChI is InChI=1S/C12H11ClF3NO4S/c13-7-3-4-8(12(14,15)16)10(6-7)22(20,21)17-5-1-2-9(17)11(18)19/h3-4,6,9H,1-2,5H2,(H,18,19)/t9-/m0/s1. The molecule has 122 valence electrons. The zero-order chi connectivity index (χ0) is 16.7. The summed E-state index contributed by atoms with van der Waals surface area (Å²) < 4.78 is 64.6. The van der Waals surface area contributed by atoms with Gasteiger partial charge in [-0.2, -0.15) is 17.5 Å². The van der Waals surface area contributed by atoms with E-state index >= 15 is 0 Å². The Morgan fingerprint density at radius 3 is 2.55 bits per heavy atom. The summed E-state index contributed by atoms with van der Waals surface area (Å²) in [7, 11) is -4.62. The minimum Gasteiger partial charge on any atom is -0.480 e. The fourth-order valence-corrected chi connectivity index (χ4v) is 4.47. The molecule has 0 radical (unpaired) electrons. The van der Waals surface area contributed by atoms with Gasteiger partial charge in [-0.3, -0.25) is 4.79 Å². The predicted molar refractivity (Wildman–Crippen MR) is 71.0 cm³/mol. The topological polar surface area (TPSA) is 74.7 Å². The van der Waals surface area contributed by atoms with Gasteiger partial charge in [0.05, 0.1) is 10.5 Å². The zero-order valence-electron chi connectivity index (χ0n) is 11.0. The summed E-state index contributed by atoms with van der Waals surface area (Å²) in [5, 5.41) is 8.84. The third-order valence-electron chi connectivity index (χ3n) is 3.32. The van der Waals surface area contributed by atoms with Crippen LogP contribution in [0.25, 0.3) is 0 Å². The third-order valence-corrected chi connectivity index (χ3v) is 5.51. The van der Waals surface area contributed by atoms with E-state index in [-0.39, 0.29) is 24.4 Å². The largest absolute Gasteiger partial charge is 0.480 e. The lowest BCUT2D eigenvalue weighted by Gasteiger charge is -2.23. The van der Waals surface area contributed by atoms with E-state index in [0.717, 1.165) is 6.07 Å². The number of alkyl halides is 3. The van der Waals surface area contributed by atoms with Crippen molar-refractivity contribution >= 4 is 27.6 Å². The highest BCUT2D eigenvalue weighted by Gasteiger charge is 2.44. The molecule has 1 aliphatic rings. The molecule has 1 aromatic rings. The van der Waals surface area contributed by atoms with Crippen molar-refractivity contribution < 1.29 is 31.5 Å². The van der Waals surface area contributed by atoms with E-state index < -0.39 is 38.7 Å². The normalized spacial score (nSPS) is 20.3. The van der Waals surface area contributed by atoms with Crippen molar-refractivity contribution in [1.82, 2.24) is 4.31 Å². The van der Waals surface area contributed by atoms with Crippen LogP contribution in [0.2, 0.25) is 5.02 Å². The molecule has 2 rings (SSSR count). The van der Waals surface area contributed by atoms with Gasteiger partial charge >= 0.3 is 12.1 Å². The van der Waals surface area contributed by atoms with Gasteiger partial charge in [0.2, 0.25) is 10.0 Å². The second-order valence-electron chi connectivity index (χ2n) is 4.75. The van der Waals surface area contributed by atoms with Crippen LogP contribution in [0.4, 0.5) is 13.2 Å². The van der Waals surface area contributed by atoms with Crippen molar-refractivity contribution in [3.05, 3.63) is 28.8 Å². The van der Waals surface area contributed by atoms with Gasteiger partial charge in [-0.25, -0.2) is 8.42 Å². The quantitative estimate of drug-likeness (QED) is 0.902. The van der Waals surface area contributed by atoms with Gasteiger partial charge in [0.15, 0.2) is 0 Å². The van der Waals surface area contributed by atoms with Crippen LogP contribution in [-0.2, 0) is 21.0 Å². The minimum atomic E-state index is -4.90. The zero-order valence-corrected chi connectivity index (χ0v) is 12.5. The van der Waals surface area contributed by atoms with Crippen LogP contribution >= 0.6 is 11.6 Å². The number of carbonyl (C=O) groups is 1. The number of halogens is 4. The van der Waals surface area contributed by atoms with Gasteiger partial charge in [-0.15, -0.1) is 0 Å². The first kappa shape index (κ1) is 17.0. The maximum absolute atomic E-state index is 13.0. The summed E-state index contributed by atoms with van der Waals surface area (Å²) in [4.78, 5) is 10.1. The van der Waals surface area contributed by atoms with E-state index in [1.54, 1.807) is 0 Å². The smallest absolute Gasteiger partial charge is 0.417 e. The Morgan fingerprint density at radius 1 is 1.36 bits per heavy atom. The molecule has 1 aliphatic heterocycles. The highest BCUT2D eigenvalue weighted by Crippen LogP contribution is 2.38. The number of carboxylic acids is 1.